The van der Waals surface area contributed by atoms with Crippen molar-refractivity contribution in [3.8, 4) is 0 Å². The Hall–Kier alpha value is -1.43. The van der Waals surface area contributed by atoms with Crippen LogP contribution in [0, 0.1) is 5.92 Å². The average molecular weight is 405 g/mol. The molecule has 1 aromatic carbocycles. The molecule has 1 saturated heterocycles. The van der Waals surface area contributed by atoms with E-state index in [1.54, 1.807) is 0 Å². The summed E-state index contributed by atoms with van der Waals surface area (Å²) >= 11 is 0. The highest BCUT2D eigenvalue weighted by Crippen LogP contribution is 2.47. The lowest BCUT2D eigenvalue weighted by Crippen LogP contribution is -2.70. The molecule has 0 saturated carbocycles. The first-order chi connectivity index (χ1) is 13.7. The third-order valence-corrected chi connectivity index (χ3v) is 7.12. The quantitative estimate of drug-likeness (QED) is 0.631. The van der Waals surface area contributed by atoms with Crippen LogP contribution in [-0.2, 0) is 9.63 Å². The van der Waals surface area contributed by atoms with Crippen molar-refractivity contribution in [2.45, 2.75) is 96.9 Å². The molecule has 5 nitrogen and oxygen atoms in total. The molecule has 1 amide bonds. The molecule has 1 aromatic rings. The molecule has 0 aromatic heterocycles. The third kappa shape index (κ3) is 5.19. The minimum absolute atomic E-state index is 0.0276. The zero-order chi connectivity index (χ0) is 21.7. The largest absolute Gasteiger partial charge is 0.396 e. The Bertz CT molecular complexity index is 653. The van der Waals surface area contributed by atoms with Crippen molar-refractivity contribution in [2.75, 3.05) is 6.61 Å². The highest BCUT2D eigenvalue weighted by atomic mass is 16.7. The summed E-state index contributed by atoms with van der Waals surface area (Å²) in [5.74, 6) is 0.257. The second-order valence-corrected chi connectivity index (χ2v) is 9.01. The number of aliphatic hydroxyl groups is 1. The number of hydrogen-bond acceptors (Lipinski definition) is 4. The molecule has 1 fully saturated rings. The molecule has 5 atom stereocenters. The minimum atomic E-state index is -0.207. The van der Waals surface area contributed by atoms with Gasteiger partial charge in [-0.3, -0.25) is 9.63 Å². The fourth-order valence-corrected chi connectivity index (χ4v) is 4.61. The van der Waals surface area contributed by atoms with Crippen LogP contribution in [0.1, 0.15) is 85.3 Å². The van der Waals surface area contributed by atoms with Crippen molar-refractivity contribution in [2.24, 2.45) is 5.92 Å². The maximum Gasteiger partial charge on any atom is 0.220 e. The smallest absolute Gasteiger partial charge is 0.220 e. The van der Waals surface area contributed by atoms with E-state index < -0.39 is 0 Å². The summed E-state index contributed by atoms with van der Waals surface area (Å²) in [5.41, 5.74) is 0.771. The second-order valence-electron chi connectivity index (χ2n) is 9.01. The van der Waals surface area contributed by atoms with E-state index in [1.807, 2.05) is 18.2 Å². The van der Waals surface area contributed by atoms with Gasteiger partial charge < -0.3 is 10.4 Å². The summed E-state index contributed by atoms with van der Waals surface area (Å²) < 4.78 is 0. The summed E-state index contributed by atoms with van der Waals surface area (Å²) in [6.07, 6.45) is 3.53. The molecule has 0 radical (unpaired) electrons. The van der Waals surface area contributed by atoms with Gasteiger partial charge in [-0.25, -0.2) is 0 Å². The Morgan fingerprint density at radius 1 is 1.28 bits per heavy atom. The number of nitrogens with one attached hydrogen (secondary N) is 1. The molecule has 2 N–H and O–H groups in total. The van der Waals surface area contributed by atoms with Crippen molar-refractivity contribution in [1.29, 1.82) is 0 Å². The fraction of sp³-hybridized carbons (Fsp3) is 0.708. The van der Waals surface area contributed by atoms with Gasteiger partial charge in [0.05, 0.1) is 0 Å². The summed E-state index contributed by atoms with van der Waals surface area (Å²) in [5, 5.41) is 14.5. The maximum atomic E-state index is 12.4. The number of benzene rings is 1. The molecule has 1 heterocycles. The Labute approximate surface area is 176 Å². The maximum absolute atomic E-state index is 12.4. The van der Waals surface area contributed by atoms with E-state index in [4.69, 9.17) is 9.94 Å². The van der Waals surface area contributed by atoms with Crippen LogP contribution in [0.5, 0.6) is 0 Å². The van der Waals surface area contributed by atoms with Crippen molar-refractivity contribution in [3.05, 3.63) is 35.9 Å². The Morgan fingerprint density at radius 2 is 1.93 bits per heavy atom. The lowest BCUT2D eigenvalue weighted by atomic mass is 9.68. The van der Waals surface area contributed by atoms with Gasteiger partial charge in [-0.15, -0.1) is 0 Å². The van der Waals surface area contributed by atoms with Gasteiger partial charge in [-0.05, 0) is 57.9 Å². The first kappa shape index (κ1) is 23.8. The number of hydroxylamine groups is 2. The molecule has 1 aliphatic heterocycles. The number of aliphatic hydroxyl groups excluding tert-OH is 1. The molecule has 5 unspecified atom stereocenters. The number of carbonyl (C=O) groups excluding carboxylic acids is 1. The molecule has 2 rings (SSSR count). The number of piperidine rings is 1. The van der Waals surface area contributed by atoms with Gasteiger partial charge in [0.2, 0.25) is 5.91 Å². The molecule has 29 heavy (non-hydrogen) atoms. The number of hydrogen-bond donors (Lipinski definition) is 2. The van der Waals surface area contributed by atoms with Gasteiger partial charge >= 0.3 is 0 Å². The van der Waals surface area contributed by atoms with Gasteiger partial charge in [-0.1, -0.05) is 51.1 Å². The van der Waals surface area contributed by atoms with E-state index in [2.05, 4.69) is 64.1 Å². The SMILES string of the molecule is CCC1(C)CC(NC(=O)CCCO)C(C)C(C)(CC)N1OC(C)c1ccccc1. The van der Waals surface area contributed by atoms with Crippen molar-refractivity contribution >= 4 is 5.91 Å². The van der Waals surface area contributed by atoms with E-state index >= 15 is 0 Å². The van der Waals surface area contributed by atoms with Crippen LogP contribution >= 0.6 is 0 Å². The normalized spacial score (nSPS) is 31.4. The molecule has 5 heteroatoms. The zero-order valence-corrected chi connectivity index (χ0v) is 19.1. The van der Waals surface area contributed by atoms with Crippen LogP contribution in [0.2, 0.25) is 0 Å². The lowest BCUT2D eigenvalue weighted by Gasteiger charge is -2.60. The summed E-state index contributed by atoms with van der Waals surface area (Å²) in [6, 6.07) is 10.4. The van der Waals surface area contributed by atoms with E-state index in [0.29, 0.717) is 12.8 Å². The van der Waals surface area contributed by atoms with Gasteiger partial charge in [0.25, 0.3) is 0 Å². The van der Waals surface area contributed by atoms with Crippen LogP contribution in [-0.4, -0.2) is 39.8 Å². The van der Waals surface area contributed by atoms with Gasteiger partial charge in [0.15, 0.2) is 0 Å². The summed E-state index contributed by atoms with van der Waals surface area (Å²) in [4.78, 5) is 19.1. The number of rotatable bonds is 9. The Balaban J connectivity index is 2.28. The summed E-state index contributed by atoms with van der Waals surface area (Å²) in [7, 11) is 0. The Morgan fingerprint density at radius 3 is 2.48 bits per heavy atom. The molecular formula is C24H40N2O3. The van der Waals surface area contributed by atoms with Crippen molar-refractivity contribution in [1.82, 2.24) is 10.4 Å². The predicted octanol–water partition coefficient (Wildman–Crippen LogP) is 4.62. The van der Waals surface area contributed by atoms with Crippen molar-refractivity contribution < 1.29 is 14.7 Å². The summed E-state index contributed by atoms with van der Waals surface area (Å²) in [6.45, 7) is 13.3. The fourth-order valence-electron chi connectivity index (χ4n) is 4.61. The standard InChI is InChI=1S/C24H40N2O3/c1-7-23(5)17-21(25-22(28)15-12-16-27)18(3)24(6,8-2)26(23)29-19(4)20-13-10-9-11-14-20/h9-11,13-14,18-19,21,27H,7-8,12,15-17H2,1-6H3,(H,25,28). The van der Waals surface area contributed by atoms with E-state index in [9.17, 15) is 4.79 Å². The van der Waals surface area contributed by atoms with Crippen LogP contribution in [0.3, 0.4) is 0 Å². The molecule has 1 aliphatic rings. The molecular weight excluding hydrogens is 364 g/mol. The van der Waals surface area contributed by atoms with Crippen LogP contribution in [0.4, 0.5) is 0 Å². The van der Waals surface area contributed by atoms with Gasteiger partial charge in [0, 0.05) is 30.1 Å². The third-order valence-electron chi connectivity index (χ3n) is 7.12. The number of amides is 1. The van der Waals surface area contributed by atoms with E-state index in [0.717, 1.165) is 24.8 Å². The molecule has 164 valence electrons. The number of carbonyl (C=O) groups is 1. The highest BCUT2D eigenvalue weighted by molar-refractivity contribution is 5.76. The monoisotopic (exact) mass is 404 g/mol. The van der Waals surface area contributed by atoms with Crippen LogP contribution in [0.15, 0.2) is 30.3 Å². The molecule has 0 spiro atoms. The van der Waals surface area contributed by atoms with Gasteiger partial charge in [0.1, 0.15) is 6.10 Å². The highest BCUT2D eigenvalue weighted by Gasteiger charge is 2.54. The second kappa shape index (κ2) is 10.1. The average Bonchev–Trinajstić information content (AvgIpc) is 2.74. The predicted molar refractivity (Wildman–Crippen MR) is 117 cm³/mol. The van der Waals surface area contributed by atoms with Crippen molar-refractivity contribution in [3.63, 3.8) is 0 Å². The lowest BCUT2D eigenvalue weighted by molar-refractivity contribution is -0.327. The minimum Gasteiger partial charge on any atom is -0.396 e. The van der Waals surface area contributed by atoms with Gasteiger partial charge in [-0.2, -0.15) is 5.06 Å². The first-order valence-corrected chi connectivity index (χ1v) is 11.1. The molecule has 0 bridgehead atoms. The number of nitrogens with zero attached hydrogens (tertiary/aromatic N) is 1. The van der Waals surface area contributed by atoms with E-state index in [1.165, 1.54) is 0 Å². The van der Waals surface area contributed by atoms with Crippen LogP contribution in [0.25, 0.3) is 0 Å². The van der Waals surface area contributed by atoms with Crippen LogP contribution < -0.4 is 5.32 Å². The first-order valence-electron chi connectivity index (χ1n) is 11.1. The topological polar surface area (TPSA) is 61.8 Å². The van der Waals surface area contributed by atoms with E-state index in [-0.39, 0.29) is 41.7 Å². The Kier molecular flexibility index (Phi) is 8.27. The zero-order valence-electron chi connectivity index (χ0n) is 19.1. The molecule has 0 aliphatic carbocycles.